The van der Waals surface area contributed by atoms with E-state index in [2.05, 4.69) is 12.2 Å². The topological polar surface area (TPSA) is 84.9 Å². The van der Waals surface area contributed by atoms with Crippen LogP contribution in [0.25, 0.3) is 0 Å². The lowest BCUT2D eigenvalue weighted by molar-refractivity contribution is -0.121. The Kier molecular flexibility index (Phi) is 8.53. The van der Waals surface area contributed by atoms with E-state index >= 15 is 0 Å². The molecule has 30 heavy (non-hydrogen) atoms. The second kappa shape index (κ2) is 10.9. The molecule has 0 radical (unpaired) electrons. The summed E-state index contributed by atoms with van der Waals surface area (Å²) in [6, 6.07) is 14.9. The van der Waals surface area contributed by atoms with Gasteiger partial charge < -0.3 is 14.8 Å². The van der Waals surface area contributed by atoms with Gasteiger partial charge in [0.05, 0.1) is 26.2 Å². The van der Waals surface area contributed by atoms with Gasteiger partial charge in [-0.3, -0.25) is 9.10 Å². The van der Waals surface area contributed by atoms with Crippen molar-refractivity contribution < 1.29 is 22.7 Å². The molecular weight excluding hydrogens is 404 g/mol. The van der Waals surface area contributed by atoms with Gasteiger partial charge in [-0.15, -0.1) is 0 Å². The Morgan fingerprint density at radius 3 is 2.40 bits per heavy atom. The van der Waals surface area contributed by atoms with E-state index in [1.54, 1.807) is 18.2 Å². The molecule has 1 unspecified atom stereocenters. The zero-order valence-corrected chi connectivity index (χ0v) is 18.7. The molecule has 2 rings (SSSR count). The van der Waals surface area contributed by atoms with Gasteiger partial charge in [-0.2, -0.15) is 0 Å². The van der Waals surface area contributed by atoms with Gasteiger partial charge in [0.2, 0.25) is 15.9 Å². The molecule has 1 amide bonds. The number of amides is 1. The molecule has 0 spiro atoms. The summed E-state index contributed by atoms with van der Waals surface area (Å²) < 4.78 is 36.4. The Bertz CT molecular complexity index is 932. The summed E-state index contributed by atoms with van der Waals surface area (Å²) >= 11 is 0. The quantitative estimate of drug-likeness (QED) is 0.587. The first-order valence-corrected chi connectivity index (χ1v) is 11.6. The van der Waals surface area contributed by atoms with Crippen molar-refractivity contribution in [2.45, 2.75) is 25.7 Å². The first-order chi connectivity index (χ1) is 14.3. The standard InChI is InChI=1S/C22H30N2O5S/c1-17(18-9-6-5-7-10-18)16-23-22(25)11-8-14-24(30(4,26)27)20-13-12-19(28-2)15-21(20)29-3/h5-7,9-10,12-13,15,17H,8,11,14,16H2,1-4H3,(H,23,25). The number of hydrogen-bond donors (Lipinski definition) is 1. The van der Waals surface area contributed by atoms with Gasteiger partial charge in [-0.05, 0) is 30.0 Å². The van der Waals surface area contributed by atoms with Gasteiger partial charge in [-0.1, -0.05) is 37.3 Å². The van der Waals surface area contributed by atoms with E-state index < -0.39 is 10.0 Å². The Morgan fingerprint density at radius 1 is 1.10 bits per heavy atom. The van der Waals surface area contributed by atoms with Crippen LogP contribution in [0.5, 0.6) is 11.5 Å². The van der Waals surface area contributed by atoms with Crippen molar-refractivity contribution in [3.05, 3.63) is 54.1 Å². The van der Waals surface area contributed by atoms with Crippen LogP contribution in [0.15, 0.2) is 48.5 Å². The van der Waals surface area contributed by atoms with E-state index in [9.17, 15) is 13.2 Å². The summed E-state index contributed by atoms with van der Waals surface area (Å²) in [4.78, 5) is 12.2. The summed E-state index contributed by atoms with van der Waals surface area (Å²) in [6.45, 7) is 2.76. The van der Waals surface area contributed by atoms with Crippen molar-refractivity contribution in [3.63, 3.8) is 0 Å². The van der Waals surface area contributed by atoms with Crippen LogP contribution >= 0.6 is 0 Å². The van der Waals surface area contributed by atoms with E-state index in [4.69, 9.17) is 9.47 Å². The van der Waals surface area contributed by atoms with Crippen LogP contribution in [0.4, 0.5) is 5.69 Å². The van der Waals surface area contributed by atoms with Crippen LogP contribution in [0.2, 0.25) is 0 Å². The Labute approximate surface area is 179 Å². The van der Waals surface area contributed by atoms with Gasteiger partial charge >= 0.3 is 0 Å². The summed E-state index contributed by atoms with van der Waals surface area (Å²) in [7, 11) is -0.549. The zero-order valence-electron chi connectivity index (χ0n) is 17.9. The maximum Gasteiger partial charge on any atom is 0.232 e. The number of ether oxygens (including phenoxy) is 2. The fourth-order valence-corrected chi connectivity index (χ4v) is 4.06. The summed E-state index contributed by atoms with van der Waals surface area (Å²) in [5.74, 6) is 1.05. The van der Waals surface area contributed by atoms with E-state index in [-0.39, 0.29) is 24.8 Å². The monoisotopic (exact) mass is 434 g/mol. The molecule has 0 bridgehead atoms. The van der Waals surface area contributed by atoms with Crippen LogP contribution in [-0.4, -0.2) is 47.9 Å². The molecule has 0 aliphatic heterocycles. The number of carbonyl (C=O) groups is 1. The van der Waals surface area contributed by atoms with Crippen molar-refractivity contribution in [1.82, 2.24) is 5.32 Å². The number of anilines is 1. The van der Waals surface area contributed by atoms with Crippen LogP contribution in [0.3, 0.4) is 0 Å². The molecule has 164 valence electrons. The maximum absolute atomic E-state index is 12.3. The number of carbonyl (C=O) groups excluding carboxylic acids is 1. The van der Waals surface area contributed by atoms with Gasteiger partial charge in [0.1, 0.15) is 11.5 Å². The second-order valence-electron chi connectivity index (χ2n) is 7.09. The van der Waals surface area contributed by atoms with Crippen molar-refractivity contribution in [2.75, 3.05) is 37.9 Å². The molecule has 0 heterocycles. The molecule has 2 aromatic rings. The summed E-state index contributed by atoms with van der Waals surface area (Å²) in [5, 5.41) is 2.92. The second-order valence-corrected chi connectivity index (χ2v) is 9.00. The highest BCUT2D eigenvalue weighted by molar-refractivity contribution is 7.92. The predicted molar refractivity (Wildman–Crippen MR) is 119 cm³/mol. The van der Waals surface area contributed by atoms with Crippen molar-refractivity contribution >= 4 is 21.6 Å². The maximum atomic E-state index is 12.3. The minimum absolute atomic E-state index is 0.104. The van der Waals surface area contributed by atoms with Crippen LogP contribution in [-0.2, 0) is 14.8 Å². The van der Waals surface area contributed by atoms with Gasteiger partial charge in [0.25, 0.3) is 0 Å². The zero-order chi connectivity index (χ0) is 22.1. The lowest BCUT2D eigenvalue weighted by Gasteiger charge is -2.24. The number of hydrogen-bond acceptors (Lipinski definition) is 5. The number of benzene rings is 2. The van der Waals surface area contributed by atoms with E-state index in [1.165, 1.54) is 18.5 Å². The number of rotatable bonds is 11. The van der Waals surface area contributed by atoms with Gasteiger partial charge in [0, 0.05) is 25.6 Å². The Morgan fingerprint density at radius 2 is 1.80 bits per heavy atom. The third kappa shape index (κ3) is 6.66. The highest BCUT2D eigenvalue weighted by Crippen LogP contribution is 2.33. The number of nitrogens with zero attached hydrogens (tertiary/aromatic N) is 1. The van der Waals surface area contributed by atoms with Crippen molar-refractivity contribution in [2.24, 2.45) is 0 Å². The summed E-state index contributed by atoms with van der Waals surface area (Å²) in [6.07, 6.45) is 1.75. The molecule has 0 aliphatic carbocycles. The molecular formula is C22H30N2O5S. The SMILES string of the molecule is COc1ccc(N(CCCC(=O)NCC(C)c2ccccc2)S(C)(=O)=O)c(OC)c1. The number of nitrogens with one attached hydrogen (secondary N) is 1. The molecule has 0 saturated heterocycles. The van der Waals surface area contributed by atoms with E-state index in [0.717, 1.165) is 11.8 Å². The lowest BCUT2D eigenvalue weighted by atomic mass is 10.0. The fraction of sp³-hybridized carbons (Fsp3) is 0.409. The summed E-state index contributed by atoms with van der Waals surface area (Å²) in [5.41, 5.74) is 1.58. The molecule has 8 heteroatoms. The van der Waals surface area contributed by atoms with Crippen molar-refractivity contribution in [1.29, 1.82) is 0 Å². The number of sulfonamides is 1. The molecule has 0 aliphatic rings. The number of methoxy groups -OCH3 is 2. The van der Waals surface area contributed by atoms with Gasteiger partial charge in [0.15, 0.2) is 0 Å². The van der Waals surface area contributed by atoms with E-state index in [1.807, 2.05) is 30.3 Å². The average Bonchev–Trinajstić information content (AvgIpc) is 2.74. The van der Waals surface area contributed by atoms with Crippen LogP contribution in [0.1, 0.15) is 31.2 Å². The fourth-order valence-electron chi connectivity index (χ4n) is 3.09. The van der Waals surface area contributed by atoms with Crippen molar-refractivity contribution in [3.8, 4) is 11.5 Å². The molecule has 2 aromatic carbocycles. The molecule has 1 atom stereocenters. The average molecular weight is 435 g/mol. The van der Waals surface area contributed by atoms with Crippen LogP contribution in [0, 0.1) is 0 Å². The lowest BCUT2D eigenvalue weighted by Crippen LogP contribution is -2.33. The molecule has 0 aromatic heterocycles. The third-order valence-corrected chi connectivity index (χ3v) is 5.97. The largest absolute Gasteiger partial charge is 0.497 e. The molecule has 7 nitrogen and oxygen atoms in total. The highest BCUT2D eigenvalue weighted by atomic mass is 32.2. The third-order valence-electron chi connectivity index (χ3n) is 4.79. The molecule has 1 N–H and O–H groups in total. The van der Waals surface area contributed by atoms with Gasteiger partial charge in [-0.25, -0.2) is 8.42 Å². The first kappa shape index (κ1) is 23.5. The Balaban J connectivity index is 1.95. The van der Waals surface area contributed by atoms with Crippen LogP contribution < -0.4 is 19.1 Å². The Hall–Kier alpha value is -2.74. The molecule has 0 fully saturated rings. The highest BCUT2D eigenvalue weighted by Gasteiger charge is 2.21. The first-order valence-electron chi connectivity index (χ1n) is 9.77. The predicted octanol–water partition coefficient (Wildman–Crippen LogP) is 3.17. The normalized spacial score (nSPS) is 12.1. The minimum Gasteiger partial charge on any atom is -0.497 e. The minimum atomic E-state index is -3.55. The van der Waals surface area contributed by atoms with E-state index in [0.29, 0.717) is 30.2 Å². The molecule has 0 saturated carbocycles. The smallest absolute Gasteiger partial charge is 0.232 e.